The molecular formula is C62H78F2O2. The minimum atomic E-state index is -0.937. The van der Waals surface area contributed by atoms with Crippen LogP contribution in [0.15, 0.2) is 97.1 Å². The van der Waals surface area contributed by atoms with Crippen LogP contribution in [0.1, 0.15) is 211 Å². The highest BCUT2D eigenvalue weighted by atomic mass is 19.1. The van der Waals surface area contributed by atoms with Crippen molar-refractivity contribution < 1.29 is 18.4 Å². The molecule has 0 unspecified atom stereocenters. The molecule has 2 nitrogen and oxygen atoms in total. The van der Waals surface area contributed by atoms with Crippen molar-refractivity contribution in [2.75, 3.05) is 0 Å². The zero-order chi connectivity index (χ0) is 46.1. The Kier molecular flexibility index (Phi) is 14.0. The van der Waals surface area contributed by atoms with Gasteiger partial charge in [-0.3, -0.25) is 9.59 Å². The summed E-state index contributed by atoms with van der Waals surface area (Å²) in [6.07, 6.45) is 18.3. The Morgan fingerprint density at radius 3 is 0.758 bits per heavy atom. The van der Waals surface area contributed by atoms with Gasteiger partial charge < -0.3 is 0 Å². The van der Waals surface area contributed by atoms with Crippen molar-refractivity contribution in [3.8, 4) is 0 Å². The predicted molar refractivity (Wildman–Crippen MR) is 267 cm³/mol. The summed E-state index contributed by atoms with van der Waals surface area (Å²) >= 11 is 0. The first-order chi connectivity index (χ1) is 32.0. The molecule has 4 spiro atoms. The molecule has 6 aliphatic carbocycles. The first kappa shape index (κ1) is 47.2. The molecule has 0 aromatic heterocycles. The maximum Gasteiger partial charge on any atom is 0.151 e. The summed E-state index contributed by atoms with van der Waals surface area (Å²) < 4.78 is 31.8. The standard InChI is InChI=1S/C32H41FO.C30H37FO/c1-3-5-23-7-11-25(12-8-23)27-15-19-31(20-16-27)29(33)32(30(31)34)21-17-28(18-22-32)26-13-9-24(6-4-2)10-14-26;1-3-21-5-9-23(10-6-21)25-13-17-29(18-14-25)27(31)30(28(29)32)19-15-26(16-20-30)24-11-7-22(4-2)8-12-24/h7-14,27-29H,3-6,15-22H2,1-2H3;5-12,25-27H,3-4,13-20H2,1-2H3. The molecule has 6 fully saturated rings. The molecule has 4 heteroatoms. The first-order valence-corrected chi connectivity index (χ1v) is 26.8. The van der Waals surface area contributed by atoms with Crippen LogP contribution in [0.25, 0.3) is 0 Å². The van der Waals surface area contributed by atoms with Gasteiger partial charge in [-0.05, 0) is 197 Å². The van der Waals surface area contributed by atoms with E-state index >= 15 is 8.78 Å². The van der Waals surface area contributed by atoms with Gasteiger partial charge in [0.05, 0.1) is 21.7 Å². The summed E-state index contributed by atoms with van der Waals surface area (Å²) in [4.78, 5) is 27.1. The van der Waals surface area contributed by atoms with Gasteiger partial charge in [-0.25, -0.2) is 8.78 Å². The van der Waals surface area contributed by atoms with Gasteiger partial charge in [0.15, 0.2) is 11.6 Å². The third-order valence-corrected chi connectivity index (χ3v) is 19.0. The van der Waals surface area contributed by atoms with Crippen molar-refractivity contribution in [2.24, 2.45) is 21.7 Å². The summed E-state index contributed by atoms with van der Waals surface area (Å²) in [7, 11) is 0. The van der Waals surface area contributed by atoms with Crippen LogP contribution in [-0.4, -0.2) is 23.9 Å². The van der Waals surface area contributed by atoms with Crippen LogP contribution in [0, 0.1) is 21.7 Å². The Morgan fingerprint density at radius 1 is 0.364 bits per heavy atom. The van der Waals surface area contributed by atoms with Crippen molar-refractivity contribution in [2.45, 2.75) is 205 Å². The van der Waals surface area contributed by atoms with E-state index in [0.717, 1.165) is 128 Å². The van der Waals surface area contributed by atoms with Crippen LogP contribution in [-0.2, 0) is 35.3 Å². The average Bonchev–Trinajstić information content (AvgIpc) is 3.39. The van der Waals surface area contributed by atoms with Gasteiger partial charge in [0.2, 0.25) is 0 Å². The number of hydrogen-bond donors (Lipinski definition) is 0. The van der Waals surface area contributed by atoms with Gasteiger partial charge in [0.25, 0.3) is 0 Å². The molecule has 0 bridgehead atoms. The molecule has 352 valence electrons. The smallest absolute Gasteiger partial charge is 0.151 e. The van der Waals surface area contributed by atoms with E-state index in [0.29, 0.717) is 23.7 Å². The second-order valence-electron chi connectivity index (χ2n) is 22.3. The number of ketones is 2. The highest BCUT2D eigenvalue weighted by molar-refractivity contribution is 5.99. The van der Waals surface area contributed by atoms with Crippen LogP contribution in [0.4, 0.5) is 8.78 Å². The number of halogens is 2. The molecule has 0 N–H and O–H groups in total. The number of carbonyl (C=O) groups excluding carboxylic acids is 2. The molecule has 4 aromatic rings. The Labute approximate surface area is 396 Å². The van der Waals surface area contributed by atoms with Gasteiger partial charge in [0, 0.05) is 0 Å². The van der Waals surface area contributed by atoms with Crippen LogP contribution in [0.2, 0.25) is 0 Å². The lowest BCUT2D eigenvalue weighted by Gasteiger charge is -2.61. The third-order valence-electron chi connectivity index (χ3n) is 19.0. The van der Waals surface area contributed by atoms with E-state index in [2.05, 4.69) is 125 Å². The predicted octanol–water partition coefficient (Wildman–Crippen LogP) is 16.2. The first-order valence-electron chi connectivity index (χ1n) is 26.8. The fourth-order valence-electron chi connectivity index (χ4n) is 14.7. The van der Waals surface area contributed by atoms with Crippen LogP contribution in [0.3, 0.4) is 0 Å². The number of carbonyl (C=O) groups is 2. The summed E-state index contributed by atoms with van der Waals surface area (Å²) in [6.45, 7) is 8.77. The van der Waals surface area contributed by atoms with E-state index in [1.165, 1.54) is 57.3 Å². The molecule has 66 heavy (non-hydrogen) atoms. The second kappa shape index (κ2) is 19.6. The lowest BCUT2D eigenvalue weighted by atomic mass is 9.41. The van der Waals surface area contributed by atoms with Gasteiger partial charge in [0.1, 0.15) is 12.3 Å². The Balaban J connectivity index is 0.000000166. The third kappa shape index (κ3) is 8.39. The number of aryl methyl sites for hydroxylation is 4. The van der Waals surface area contributed by atoms with Crippen molar-refractivity contribution in [1.82, 2.24) is 0 Å². The molecule has 0 heterocycles. The molecule has 4 aromatic carbocycles. The van der Waals surface area contributed by atoms with E-state index in [4.69, 9.17) is 0 Å². The highest BCUT2D eigenvalue weighted by Gasteiger charge is 2.73. The van der Waals surface area contributed by atoms with E-state index in [9.17, 15) is 9.59 Å². The molecule has 6 aliphatic rings. The number of benzene rings is 4. The fourth-order valence-corrected chi connectivity index (χ4v) is 14.7. The summed E-state index contributed by atoms with van der Waals surface area (Å²) in [5, 5.41) is 0. The molecule has 0 atom stereocenters. The van der Waals surface area contributed by atoms with Gasteiger partial charge >= 0.3 is 0 Å². The highest BCUT2D eigenvalue weighted by Crippen LogP contribution is 2.68. The lowest BCUT2D eigenvalue weighted by Crippen LogP contribution is -2.69. The van der Waals surface area contributed by atoms with E-state index in [-0.39, 0.29) is 11.6 Å². The molecule has 0 aliphatic heterocycles. The topological polar surface area (TPSA) is 34.1 Å². The molecule has 10 rings (SSSR count). The van der Waals surface area contributed by atoms with E-state index in [1.54, 1.807) is 0 Å². The van der Waals surface area contributed by atoms with Crippen molar-refractivity contribution >= 4 is 11.6 Å². The zero-order valence-corrected chi connectivity index (χ0v) is 40.8. The Hall–Kier alpha value is -3.92. The number of hydrogen-bond acceptors (Lipinski definition) is 2. The monoisotopic (exact) mass is 893 g/mol. The van der Waals surface area contributed by atoms with Crippen molar-refractivity contribution in [3.63, 3.8) is 0 Å². The van der Waals surface area contributed by atoms with Crippen molar-refractivity contribution in [1.29, 1.82) is 0 Å². The minimum absolute atomic E-state index is 0.275. The molecule has 0 saturated heterocycles. The molecule has 0 radical (unpaired) electrons. The molecular weight excluding hydrogens is 815 g/mol. The largest absolute Gasteiger partial charge is 0.298 e. The maximum atomic E-state index is 16.0. The summed E-state index contributed by atoms with van der Waals surface area (Å²) in [5.74, 6) is 2.46. The average molecular weight is 893 g/mol. The van der Waals surface area contributed by atoms with Crippen LogP contribution in [0.5, 0.6) is 0 Å². The lowest BCUT2D eigenvalue weighted by molar-refractivity contribution is -0.191. The van der Waals surface area contributed by atoms with Gasteiger partial charge in [-0.1, -0.05) is 138 Å². The molecule has 0 amide bonds. The van der Waals surface area contributed by atoms with Crippen molar-refractivity contribution in [3.05, 3.63) is 142 Å². The fraction of sp³-hybridized carbons (Fsp3) is 0.581. The zero-order valence-electron chi connectivity index (χ0n) is 40.8. The number of alkyl halides is 2. The SMILES string of the molecule is CCCc1ccc(C2CCC3(CC2)C(=O)C2(CCC(c4ccc(CCC)cc4)CC2)C3F)cc1.CCc1ccc(C2CCC3(CC2)C(=O)C2(CCC(c4ccc(CC)cc4)CC2)C3F)cc1. The van der Waals surface area contributed by atoms with Gasteiger partial charge in [-0.2, -0.15) is 0 Å². The maximum absolute atomic E-state index is 16.0. The Bertz CT molecular complexity index is 2080. The normalized spacial score (nSPS) is 33.9. The number of Topliss-reactive ketones (excluding diaryl/α,β-unsaturated/α-hetero) is 2. The second-order valence-corrected chi connectivity index (χ2v) is 22.3. The van der Waals surface area contributed by atoms with Gasteiger partial charge in [-0.15, -0.1) is 0 Å². The van der Waals surface area contributed by atoms with Crippen LogP contribution >= 0.6 is 0 Å². The quantitative estimate of drug-likeness (QED) is 0.159. The van der Waals surface area contributed by atoms with E-state index in [1.807, 2.05) is 0 Å². The Morgan fingerprint density at radius 2 is 0.576 bits per heavy atom. The van der Waals surface area contributed by atoms with Crippen LogP contribution < -0.4 is 0 Å². The number of rotatable bonds is 10. The van der Waals surface area contributed by atoms with E-state index < -0.39 is 34.0 Å². The summed E-state index contributed by atoms with van der Waals surface area (Å²) in [5.41, 5.74) is 8.29. The summed E-state index contributed by atoms with van der Waals surface area (Å²) in [6, 6.07) is 35.9. The minimum Gasteiger partial charge on any atom is -0.298 e. The molecule has 6 saturated carbocycles.